The summed E-state index contributed by atoms with van der Waals surface area (Å²) < 4.78 is 10.9. The summed E-state index contributed by atoms with van der Waals surface area (Å²) >= 11 is 0. The lowest BCUT2D eigenvalue weighted by molar-refractivity contribution is -0.144. The van der Waals surface area contributed by atoms with Gasteiger partial charge in [0.05, 0.1) is 13.2 Å². The maximum Gasteiger partial charge on any atom is 0.320 e. The molecule has 0 radical (unpaired) electrons. The molecular weight excluding hydrogens is 266 g/mol. The van der Waals surface area contributed by atoms with Crippen LogP contribution in [0.15, 0.2) is 18.2 Å². The van der Waals surface area contributed by atoms with E-state index < -0.39 is 0 Å². The van der Waals surface area contributed by atoms with Crippen LogP contribution in [0.3, 0.4) is 0 Å². The molecular formula is C17H27NO3. The fourth-order valence-electron chi connectivity index (χ4n) is 2.01. The zero-order valence-electron chi connectivity index (χ0n) is 13.6. The minimum absolute atomic E-state index is 0.169. The SMILES string of the molecule is CCCCOC(=O)CN(C)CCOc1cc(C)cc(C)c1. The Morgan fingerprint density at radius 1 is 1.14 bits per heavy atom. The van der Waals surface area contributed by atoms with Gasteiger partial charge in [-0.15, -0.1) is 0 Å². The highest BCUT2D eigenvalue weighted by atomic mass is 16.5. The molecule has 0 fully saturated rings. The summed E-state index contributed by atoms with van der Waals surface area (Å²) in [5, 5.41) is 0. The number of hydrogen-bond acceptors (Lipinski definition) is 4. The van der Waals surface area contributed by atoms with Crippen molar-refractivity contribution < 1.29 is 14.3 Å². The summed E-state index contributed by atoms with van der Waals surface area (Å²) in [5.41, 5.74) is 2.38. The van der Waals surface area contributed by atoms with Crippen LogP contribution in [0.5, 0.6) is 5.75 Å². The van der Waals surface area contributed by atoms with Gasteiger partial charge >= 0.3 is 5.97 Å². The zero-order valence-corrected chi connectivity index (χ0v) is 13.6. The standard InChI is InChI=1S/C17H27NO3/c1-5-6-8-21-17(19)13-18(4)7-9-20-16-11-14(2)10-15(3)12-16/h10-12H,5-9,13H2,1-4H3. The summed E-state index contributed by atoms with van der Waals surface area (Å²) in [6.45, 7) is 8.25. The van der Waals surface area contributed by atoms with Crippen molar-refractivity contribution in [1.82, 2.24) is 4.90 Å². The molecule has 21 heavy (non-hydrogen) atoms. The van der Waals surface area contributed by atoms with Gasteiger partial charge in [-0.1, -0.05) is 19.4 Å². The van der Waals surface area contributed by atoms with Gasteiger partial charge in [0.1, 0.15) is 12.4 Å². The number of likely N-dealkylation sites (N-methyl/N-ethyl adjacent to an activating group) is 1. The third-order valence-electron chi connectivity index (χ3n) is 3.10. The smallest absolute Gasteiger partial charge is 0.320 e. The molecule has 0 aliphatic heterocycles. The van der Waals surface area contributed by atoms with E-state index in [9.17, 15) is 4.79 Å². The molecule has 1 aromatic rings. The molecule has 0 unspecified atom stereocenters. The van der Waals surface area contributed by atoms with Crippen LogP contribution >= 0.6 is 0 Å². The number of rotatable bonds is 9. The fraction of sp³-hybridized carbons (Fsp3) is 0.588. The first-order chi connectivity index (χ1) is 10.0. The van der Waals surface area contributed by atoms with Gasteiger partial charge in [-0.25, -0.2) is 0 Å². The lowest BCUT2D eigenvalue weighted by Crippen LogP contribution is -2.31. The maximum atomic E-state index is 11.5. The monoisotopic (exact) mass is 293 g/mol. The highest BCUT2D eigenvalue weighted by molar-refractivity contribution is 5.71. The van der Waals surface area contributed by atoms with E-state index in [4.69, 9.17) is 9.47 Å². The van der Waals surface area contributed by atoms with E-state index in [1.165, 1.54) is 11.1 Å². The number of esters is 1. The van der Waals surface area contributed by atoms with Crippen LogP contribution in [0.1, 0.15) is 30.9 Å². The summed E-state index contributed by atoms with van der Waals surface area (Å²) in [7, 11) is 1.89. The first kappa shape index (κ1) is 17.5. The Balaban J connectivity index is 2.23. The molecule has 1 rings (SSSR count). The van der Waals surface area contributed by atoms with Gasteiger partial charge in [-0.05, 0) is 50.6 Å². The van der Waals surface area contributed by atoms with Gasteiger partial charge in [0, 0.05) is 6.54 Å². The number of benzene rings is 1. The fourth-order valence-corrected chi connectivity index (χ4v) is 2.01. The highest BCUT2D eigenvalue weighted by Gasteiger charge is 2.07. The average Bonchev–Trinajstić information content (AvgIpc) is 2.37. The molecule has 0 spiro atoms. The second-order valence-corrected chi connectivity index (χ2v) is 5.48. The van der Waals surface area contributed by atoms with Gasteiger partial charge in [0.25, 0.3) is 0 Å². The Bertz CT molecular complexity index is 425. The molecule has 0 amide bonds. The second-order valence-electron chi connectivity index (χ2n) is 5.48. The topological polar surface area (TPSA) is 38.8 Å². The number of hydrogen-bond donors (Lipinski definition) is 0. The lowest BCUT2D eigenvalue weighted by atomic mass is 10.1. The van der Waals surface area contributed by atoms with E-state index >= 15 is 0 Å². The van der Waals surface area contributed by atoms with Crippen LogP contribution in [0.4, 0.5) is 0 Å². The molecule has 0 saturated carbocycles. The van der Waals surface area contributed by atoms with E-state index in [2.05, 4.69) is 26.8 Å². The van der Waals surface area contributed by atoms with Crippen molar-refractivity contribution in [3.05, 3.63) is 29.3 Å². The minimum Gasteiger partial charge on any atom is -0.492 e. The lowest BCUT2D eigenvalue weighted by Gasteiger charge is -2.16. The van der Waals surface area contributed by atoms with Crippen molar-refractivity contribution in [3.63, 3.8) is 0 Å². The van der Waals surface area contributed by atoms with Crippen LogP contribution in [0.25, 0.3) is 0 Å². The third kappa shape index (κ3) is 7.71. The highest BCUT2D eigenvalue weighted by Crippen LogP contribution is 2.15. The Morgan fingerprint density at radius 2 is 1.81 bits per heavy atom. The molecule has 0 heterocycles. The van der Waals surface area contributed by atoms with E-state index in [1.807, 2.05) is 24.1 Å². The van der Waals surface area contributed by atoms with E-state index in [0.29, 0.717) is 26.3 Å². The van der Waals surface area contributed by atoms with Gasteiger partial charge in [0.15, 0.2) is 0 Å². The molecule has 0 N–H and O–H groups in total. The van der Waals surface area contributed by atoms with Crippen molar-refractivity contribution in [2.75, 3.05) is 33.4 Å². The normalized spacial score (nSPS) is 10.7. The number of ether oxygens (including phenoxy) is 2. The Labute approximate surface area is 128 Å². The second kappa shape index (κ2) is 9.40. The van der Waals surface area contributed by atoms with Gasteiger partial charge in [-0.2, -0.15) is 0 Å². The molecule has 0 bridgehead atoms. The first-order valence-electron chi connectivity index (χ1n) is 7.56. The molecule has 1 aromatic carbocycles. The van der Waals surface area contributed by atoms with Crippen molar-refractivity contribution >= 4 is 5.97 Å². The molecule has 0 aliphatic carbocycles. The Morgan fingerprint density at radius 3 is 2.43 bits per heavy atom. The Hall–Kier alpha value is -1.55. The molecule has 4 heteroatoms. The number of unbranched alkanes of at least 4 members (excludes halogenated alkanes) is 1. The molecule has 118 valence electrons. The number of carbonyl (C=O) groups excluding carboxylic acids is 1. The number of carbonyl (C=O) groups is 1. The largest absolute Gasteiger partial charge is 0.492 e. The van der Waals surface area contributed by atoms with Crippen molar-refractivity contribution in [2.45, 2.75) is 33.6 Å². The quantitative estimate of drug-likeness (QED) is 0.518. The van der Waals surface area contributed by atoms with Crippen LogP contribution in [0.2, 0.25) is 0 Å². The predicted molar refractivity (Wildman–Crippen MR) is 84.8 cm³/mol. The zero-order chi connectivity index (χ0) is 15.7. The van der Waals surface area contributed by atoms with Crippen molar-refractivity contribution in [1.29, 1.82) is 0 Å². The molecule has 4 nitrogen and oxygen atoms in total. The van der Waals surface area contributed by atoms with Crippen molar-refractivity contribution in [2.24, 2.45) is 0 Å². The summed E-state index contributed by atoms with van der Waals surface area (Å²) in [6, 6.07) is 6.16. The van der Waals surface area contributed by atoms with E-state index in [1.54, 1.807) is 0 Å². The summed E-state index contributed by atoms with van der Waals surface area (Å²) in [6.07, 6.45) is 1.96. The molecule has 0 aliphatic rings. The van der Waals surface area contributed by atoms with Gasteiger partial charge in [0.2, 0.25) is 0 Å². The number of nitrogens with zero attached hydrogens (tertiary/aromatic N) is 1. The number of aryl methyl sites for hydroxylation is 2. The molecule has 0 atom stereocenters. The Kier molecular flexibility index (Phi) is 7.83. The third-order valence-corrected chi connectivity index (χ3v) is 3.10. The average molecular weight is 293 g/mol. The first-order valence-corrected chi connectivity index (χ1v) is 7.56. The summed E-state index contributed by atoms with van der Waals surface area (Å²) in [5.74, 6) is 0.712. The van der Waals surface area contributed by atoms with Crippen LogP contribution in [0, 0.1) is 13.8 Å². The predicted octanol–water partition coefficient (Wildman–Crippen LogP) is 2.96. The van der Waals surface area contributed by atoms with Gasteiger partial charge in [-0.3, -0.25) is 9.69 Å². The maximum absolute atomic E-state index is 11.5. The molecule has 0 saturated heterocycles. The van der Waals surface area contributed by atoms with Crippen LogP contribution < -0.4 is 4.74 Å². The summed E-state index contributed by atoms with van der Waals surface area (Å²) in [4.78, 5) is 13.5. The van der Waals surface area contributed by atoms with Gasteiger partial charge < -0.3 is 9.47 Å². The van der Waals surface area contributed by atoms with E-state index in [-0.39, 0.29) is 5.97 Å². The minimum atomic E-state index is -0.169. The van der Waals surface area contributed by atoms with E-state index in [0.717, 1.165) is 18.6 Å². The van der Waals surface area contributed by atoms with Crippen molar-refractivity contribution in [3.8, 4) is 5.75 Å². The molecule has 0 aromatic heterocycles. The van der Waals surface area contributed by atoms with Crippen LogP contribution in [-0.2, 0) is 9.53 Å². The van der Waals surface area contributed by atoms with Crippen LogP contribution in [-0.4, -0.2) is 44.2 Å².